The largest absolute Gasteiger partial charge is 0.478 e. The van der Waals surface area contributed by atoms with Crippen LogP contribution < -0.4 is 14.2 Å². The molecule has 2 aliphatic rings. The summed E-state index contributed by atoms with van der Waals surface area (Å²) in [5, 5.41) is 33.4. The first kappa shape index (κ1) is 37.7. The van der Waals surface area contributed by atoms with Gasteiger partial charge in [-0.15, -0.1) is 0 Å². The fourth-order valence-electron chi connectivity index (χ4n) is 7.73. The van der Waals surface area contributed by atoms with Gasteiger partial charge in [0.05, 0.1) is 26.5 Å². The van der Waals surface area contributed by atoms with Crippen LogP contribution in [0.3, 0.4) is 0 Å². The molecule has 0 saturated carbocycles. The van der Waals surface area contributed by atoms with Gasteiger partial charge in [0, 0.05) is 83.7 Å². The number of benzene rings is 4. The van der Waals surface area contributed by atoms with E-state index in [1.165, 1.54) is 50.2 Å². The van der Waals surface area contributed by atoms with Gasteiger partial charge >= 0.3 is 5.97 Å². The van der Waals surface area contributed by atoms with Gasteiger partial charge in [0.2, 0.25) is 11.4 Å². The molecule has 1 N–H and O–H groups in total. The maximum atomic E-state index is 12.9. The summed E-state index contributed by atoms with van der Waals surface area (Å²) in [5.41, 5.74) is 2.06. The Labute approximate surface area is 314 Å². The first-order valence-corrected chi connectivity index (χ1v) is 17.1. The molecule has 0 aromatic heterocycles. The summed E-state index contributed by atoms with van der Waals surface area (Å²) in [4.78, 5) is 73.2. The fourth-order valence-corrected chi connectivity index (χ4v) is 7.73. The van der Waals surface area contributed by atoms with Gasteiger partial charge in [-0.25, -0.2) is 4.79 Å². The smallest absolute Gasteiger partial charge is 0.335 e. The molecular weight excluding hydrogens is 708 g/mol. The molecule has 0 bridgehead atoms. The lowest BCUT2D eigenvalue weighted by Crippen LogP contribution is -2.33. The molecule has 2 heterocycles. The van der Waals surface area contributed by atoms with Gasteiger partial charge in [-0.2, -0.15) is 4.58 Å². The zero-order chi connectivity index (χ0) is 39.8. The molecule has 278 valence electrons. The van der Waals surface area contributed by atoms with Crippen LogP contribution in [-0.4, -0.2) is 44.7 Å². The van der Waals surface area contributed by atoms with E-state index in [9.17, 15) is 44.5 Å². The molecule has 4 aromatic carbocycles. The van der Waals surface area contributed by atoms with E-state index in [2.05, 4.69) is 0 Å². The maximum Gasteiger partial charge on any atom is 0.335 e. The van der Waals surface area contributed by atoms with E-state index in [4.69, 9.17) is 4.74 Å². The second-order valence-electron chi connectivity index (χ2n) is 13.9. The number of hydrogen-bond donors (Lipinski definition) is 1. The third kappa shape index (κ3) is 6.81. The fraction of sp³-hybridized carbons (Fsp3) is 0.195. The number of nitro groups is 2. The van der Waals surface area contributed by atoms with Crippen LogP contribution in [0.2, 0.25) is 0 Å². The van der Waals surface area contributed by atoms with Crippen LogP contribution in [-0.2, 0) is 25.2 Å². The van der Waals surface area contributed by atoms with Crippen molar-refractivity contribution in [1.29, 1.82) is 0 Å². The number of ketones is 2. The lowest BCUT2D eigenvalue weighted by molar-refractivity contribution is -0.385. The van der Waals surface area contributed by atoms with Gasteiger partial charge in [0.25, 0.3) is 17.8 Å². The van der Waals surface area contributed by atoms with Crippen LogP contribution in [0.5, 0.6) is 5.75 Å². The SMILES string of the molecule is CC(=O)CC1(C)C(/C=C/C=C2\N(c3ccc(C(=O)O)cc3)c3ccc([N+](=O)[O-])cc3C2(C)CC(C)=O)=[N+](c2ccc(OC=O)cc2)c2ccc([N+](=O)[O-])cc21. The molecule has 2 aliphatic heterocycles. The number of allylic oxidation sites excluding steroid dienone is 4. The molecule has 0 radical (unpaired) electrons. The number of Topliss-reactive ketones (excluding diaryl/α,β-unsaturated/α-hetero) is 2. The van der Waals surface area contributed by atoms with E-state index in [0.29, 0.717) is 51.8 Å². The highest BCUT2D eigenvalue weighted by Crippen LogP contribution is 2.54. The van der Waals surface area contributed by atoms with Crippen molar-refractivity contribution in [3.05, 3.63) is 146 Å². The molecule has 0 amide bonds. The van der Waals surface area contributed by atoms with Gasteiger partial charge in [-0.1, -0.05) is 6.08 Å². The van der Waals surface area contributed by atoms with E-state index in [1.807, 2.05) is 23.3 Å². The molecule has 6 rings (SSSR count). The van der Waals surface area contributed by atoms with Crippen molar-refractivity contribution in [1.82, 2.24) is 4.58 Å². The number of ether oxygens (including phenoxy) is 1. The predicted molar refractivity (Wildman–Crippen MR) is 204 cm³/mol. The number of carboxylic acid groups (broad SMARTS) is 1. The number of carbonyl (C=O) groups excluding carboxylic acids is 3. The van der Waals surface area contributed by atoms with Crippen molar-refractivity contribution in [3.8, 4) is 5.75 Å². The van der Waals surface area contributed by atoms with Crippen molar-refractivity contribution >= 4 is 63.8 Å². The first-order valence-electron chi connectivity index (χ1n) is 17.1. The van der Waals surface area contributed by atoms with Gasteiger partial charge < -0.3 is 14.7 Å². The minimum absolute atomic E-state index is 0.0144. The van der Waals surface area contributed by atoms with Crippen molar-refractivity contribution in [2.24, 2.45) is 0 Å². The van der Waals surface area contributed by atoms with Gasteiger partial charge in [0.1, 0.15) is 17.3 Å². The lowest BCUT2D eigenvalue weighted by atomic mass is 9.75. The lowest BCUT2D eigenvalue weighted by Gasteiger charge is -2.29. The minimum Gasteiger partial charge on any atom is -0.478 e. The Balaban J connectivity index is 1.60. The normalized spacial score (nSPS) is 19.3. The van der Waals surface area contributed by atoms with Gasteiger partial charge in [-0.3, -0.25) is 34.6 Å². The highest BCUT2D eigenvalue weighted by molar-refractivity contribution is 6.12. The number of nitrogens with zero attached hydrogens (tertiary/aromatic N) is 4. The zero-order valence-corrected chi connectivity index (χ0v) is 30.2. The predicted octanol–water partition coefficient (Wildman–Crippen LogP) is 7.79. The number of aromatic carboxylic acids is 1. The van der Waals surface area contributed by atoms with E-state index in [1.54, 1.807) is 66.8 Å². The van der Waals surface area contributed by atoms with Crippen molar-refractivity contribution in [2.75, 3.05) is 4.90 Å². The Morgan fingerprint density at radius 1 is 0.818 bits per heavy atom. The van der Waals surface area contributed by atoms with Crippen LogP contribution in [0, 0.1) is 20.2 Å². The monoisotopic (exact) mass is 743 g/mol. The molecule has 2 unspecified atom stereocenters. The van der Waals surface area contributed by atoms with Crippen LogP contribution in [0.15, 0.2) is 109 Å². The molecule has 0 saturated heterocycles. The van der Waals surface area contributed by atoms with Crippen molar-refractivity contribution in [2.45, 2.75) is 51.4 Å². The zero-order valence-electron chi connectivity index (χ0n) is 30.2. The van der Waals surface area contributed by atoms with Crippen LogP contribution in [0.4, 0.5) is 34.1 Å². The Morgan fingerprint density at radius 3 is 1.96 bits per heavy atom. The average molecular weight is 744 g/mol. The molecular formula is C41H35N4O10+. The number of carboxylic acids is 1. The third-order valence-electron chi connectivity index (χ3n) is 10.0. The highest BCUT2D eigenvalue weighted by Gasteiger charge is 2.50. The van der Waals surface area contributed by atoms with Gasteiger partial charge in [-0.05, 0) is 81.8 Å². The number of hydrogen-bond acceptors (Lipinski definition) is 10. The second kappa shape index (κ2) is 14.4. The van der Waals surface area contributed by atoms with Gasteiger partial charge in [0.15, 0.2) is 5.71 Å². The summed E-state index contributed by atoms with van der Waals surface area (Å²) in [6.45, 7) is 6.82. The third-order valence-corrected chi connectivity index (χ3v) is 10.0. The second-order valence-corrected chi connectivity index (χ2v) is 13.9. The molecule has 14 heteroatoms. The molecule has 55 heavy (non-hydrogen) atoms. The topological polar surface area (TPSA) is 190 Å². The number of non-ortho nitro benzene ring substituents is 2. The standard InChI is InChI=1S/C41H34N4O10/c1-25(47)22-40(3)33-20-30(44(51)52)14-18-35(33)42(28-10-8-27(9-11-28)39(49)50)37(40)6-5-7-38-41(4,23-26(2)48)34-21-31(45(53)54)15-19-36(34)43(38)29-12-16-32(17-13-29)55-24-46/h5-21,24H,22-23H2,1-4H3/p+1. The molecule has 0 spiro atoms. The van der Waals surface area contributed by atoms with E-state index in [-0.39, 0.29) is 47.1 Å². The highest BCUT2D eigenvalue weighted by atomic mass is 16.6. The van der Waals surface area contributed by atoms with E-state index in [0.717, 1.165) is 0 Å². The van der Waals surface area contributed by atoms with Crippen LogP contribution in [0.25, 0.3) is 0 Å². The Bertz CT molecular complexity index is 2400. The molecule has 0 aliphatic carbocycles. The summed E-state index contributed by atoms with van der Waals surface area (Å²) in [7, 11) is 0. The molecule has 2 atom stereocenters. The molecule has 0 fully saturated rings. The summed E-state index contributed by atoms with van der Waals surface area (Å²) < 4.78 is 6.86. The number of anilines is 2. The first-order chi connectivity index (χ1) is 26.1. The number of fused-ring (bicyclic) bond motifs is 2. The number of nitro benzene ring substituents is 2. The summed E-state index contributed by atoms with van der Waals surface area (Å²) >= 11 is 0. The Kier molecular flexibility index (Phi) is 9.85. The minimum atomic E-state index is -1.12. The van der Waals surface area contributed by atoms with Crippen molar-refractivity contribution in [3.63, 3.8) is 0 Å². The summed E-state index contributed by atoms with van der Waals surface area (Å²) in [6, 6.07) is 21.6. The average Bonchev–Trinajstić information content (AvgIpc) is 3.51. The van der Waals surface area contributed by atoms with E-state index < -0.39 is 26.6 Å². The van der Waals surface area contributed by atoms with Crippen LogP contribution in [0.1, 0.15) is 62.0 Å². The molecule has 4 aromatic rings. The Morgan fingerprint density at radius 2 is 1.40 bits per heavy atom. The van der Waals surface area contributed by atoms with Crippen LogP contribution >= 0.6 is 0 Å². The Hall–Kier alpha value is -7.09. The number of carbonyl (C=O) groups is 4. The maximum absolute atomic E-state index is 12.9. The summed E-state index contributed by atoms with van der Waals surface area (Å²) in [6.07, 6.45) is 5.24. The molecule has 14 nitrogen and oxygen atoms in total. The van der Waals surface area contributed by atoms with Crippen molar-refractivity contribution < 1.29 is 38.9 Å². The quantitative estimate of drug-likeness (QED) is 0.0609. The number of rotatable bonds is 13. The van der Waals surface area contributed by atoms with E-state index >= 15 is 0 Å². The summed E-state index contributed by atoms with van der Waals surface area (Å²) in [5.74, 6) is -1.17.